The third-order valence-electron chi connectivity index (χ3n) is 3.81. The van der Waals surface area contributed by atoms with E-state index in [1.807, 2.05) is 0 Å². The van der Waals surface area contributed by atoms with Crippen molar-refractivity contribution in [2.45, 2.75) is 6.42 Å². The van der Waals surface area contributed by atoms with Gasteiger partial charge in [-0.3, -0.25) is 19.7 Å². The molecular formula is C18H15N5O5. The van der Waals surface area contributed by atoms with Crippen LogP contribution in [0.1, 0.15) is 11.3 Å². The van der Waals surface area contributed by atoms with Crippen LogP contribution in [-0.4, -0.2) is 34.1 Å². The highest BCUT2D eigenvalue weighted by Gasteiger charge is 2.11. The Morgan fingerprint density at radius 1 is 1.36 bits per heavy atom. The molecule has 0 spiro atoms. The molecule has 0 fully saturated rings. The topological polar surface area (TPSA) is 140 Å². The van der Waals surface area contributed by atoms with Gasteiger partial charge in [-0.05, 0) is 18.2 Å². The zero-order valence-corrected chi connectivity index (χ0v) is 14.7. The minimum atomic E-state index is -0.561. The zero-order valence-electron chi connectivity index (χ0n) is 14.7. The van der Waals surface area contributed by atoms with Gasteiger partial charge in [0.25, 0.3) is 11.2 Å². The van der Waals surface area contributed by atoms with E-state index in [1.54, 1.807) is 24.3 Å². The highest BCUT2D eigenvalue weighted by Crippen LogP contribution is 2.22. The molecule has 142 valence electrons. The maximum atomic E-state index is 12.1. The summed E-state index contributed by atoms with van der Waals surface area (Å²) in [7, 11) is 1.41. The number of hydrazone groups is 1. The van der Waals surface area contributed by atoms with Gasteiger partial charge in [0.15, 0.2) is 0 Å². The molecule has 10 heteroatoms. The van der Waals surface area contributed by atoms with Crippen molar-refractivity contribution in [3.05, 3.63) is 74.2 Å². The van der Waals surface area contributed by atoms with Crippen LogP contribution in [0.3, 0.4) is 0 Å². The van der Waals surface area contributed by atoms with Crippen LogP contribution in [0.15, 0.2) is 52.4 Å². The maximum Gasteiger partial charge on any atom is 0.270 e. The van der Waals surface area contributed by atoms with E-state index in [0.29, 0.717) is 22.3 Å². The van der Waals surface area contributed by atoms with E-state index in [4.69, 9.17) is 4.74 Å². The molecule has 0 aliphatic carbocycles. The Labute approximate surface area is 158 Å². The number of nitro benzene ring substituents is 1. The molecule has 3 aromatic rings. The second-order valence-corrected chi connectivity index (χ2v) is 5.68. The van der Waals surface area contributed by atoms with Gasteiger partial charge >= 0.3 is 0 Å². The lowest BCUT2D eigenvalue weighted by atomic mass is 10.2. The molecule has 0 unspecified atom stereocenters. The molecular weight excluding hydrogens is 366 g/mol. The zero-order chi connectivity index (χ0) is 20.1. The SMILES string of the molecule is COc1ccc([N+](=O)[O-])cc1C=NNC(=O)Cc1nc2ccccc2[nH]c1=O. The van der Waals surface area contributed by atoms with Crippen LogP contribution in [0.2, 0.25) is 0 Å². The number of non-ortho nitro benzene ring substituents is 1. The number of nitro groups is 1. The number of amides is 1. The highest BCUT2D eigenvalue weighted by atomic mass is 16.6. The Morgan fingerprint density at radius 2 is 2.14 bits per heavy atom. The first-order valence-corrected chi connectivity index (χ1v) is 8.10. The van der Waals surface area contributed by atoms with E-state index in [9.17, 15) is 19.7 Å². The Balaban J connectivity index is 1.72. The molecule has 0 aliphatic heterocycles. The molecule has 2 aromatic carbocycles. The summed E-state index contributed by atoms with van der Waals surface area (Å²) in [6, 6.07) is 11.0. The van der Waals surface area contributed by atoms with Crippen LogP contribution in [0, 0.1) is 10.1 Å². The van der Waals surface area contributed by atoms with E-state index in [1.165, 1.54) is 31.5 Å². The quantitative estimate of drug-likeness (QED) is 0.377. The Bertz CT molecular complexity index is 1140. The number of methoxy groups -OCH3 is 1. The molecule has 1 heterocycles. The molecule has 0 bridgehead atoms. The van der Waals surface area contributed by atoms with Crippen molar-refractivity contribution >= 4 is 28.8 Å². The molecule has 0 saturated carbocycles. The monoisotopic (exact) mass is 381 g/mol. The number of rotatable bonds is 6. The number of aromatic nitrogens is 2. The fourth-order valence-corrected chi connectivity index (χ4v) is 2.49. The lowest BCUT2D eigenvalue weighted by molar-refractivity contribution is -0.384. The molecule has 10 nitrogen and oxygen atoms in total. The Hall–Kier alpha value is -4.08. The second-order valence-electron chi connectivity index (χ2n) is 5.68. The standard InChI is InChI=1S/C18H15N5O5/c1-28-16-7-6-12(23(26)27)8-11(16)10-19-22-17(24)9-15-18(25)21-14-5-3-2-4-13(14)20-15/h2-8,10H,9H2,1H3,(H,21,25)(H,22,24). The molecule has 0 aliphatic rings. The van der Waals surface area contributed by atoms with Crippen molar-refractivity contribution in [2.24, 2.45) is 5.10 Å². The summed E-state index contributed by atoms with van der Waals surface area (Å²) < 4.78 is 5.11. The summed E-state index contributed by atoms with van der Waals surface area (Å²) in [6.45, 7) is 0. The van der Waals surface area contributed by atoms with Crippen LogP contribution < -0.4 is 15.7 Å². The number of nitrogens with zero attached hydrogens (tertiary/aromatic N) is 3. The highest BCUT2D eigenvalue weighted by molar-refractivity contribution is 5.86. The van der Waals surface area contributed by atoms with Crippen molar-refractivity contribution < 1.29 is 14.5 Å². The van der Waals surface area contributed by atoms with Gasteiger partial charge in [0.1, 0.15) is 11.4 Å². The molecule has 2 N–H and O–H groups in total. The van der Waals surface area contributed by atoms with Gasteiger partial charge in [0, 0.05) is 17.7 Å². The third kappa shape index (κ3) is 4.18. The lowest BCUT2D eigenvalue weighted by Gasteiger charge is -2.04. The second kappa shape index (κ2) is 8.08. The third-order valence-corrected chi connectivity index (χ3v) is 3.81. The average Bonchev–Trinajstić information content (AvgIpc) is 2.68. The van der Waals surface area contributed by atoms with Crippen LogP contribution in [-0.2, 0) is 11.2 Å². The number of H-pyrrole nitrogens is 1. The van der Waals surface area contributed by atoms with Gasteiger partial charge in [-0.1, -0.05) is 12.1 Å². The van der Waals surface area contributed by atoms with E-state index in [-0.39, 0.29) is 17.8 Å². The number of nitrogens with one attached hydrogen (secondary N) is 2. The number of carbonyl (C=O) groups is 1. The average molecular weight is 381 g/mol. The predicted molar refractivity (Wildman–Crippen MR) is 101 cm³/mol. The smallest absolute Gasteiger partial charge is 0.270 e. The number of hydrogen-bond acceptors (Lipinski definition) is 7. The van der Waals surface area contributed by atoms with Crippen LogP contribution in [0.5, 0.6) is 5.75 Å². The molecule has 0 atom stereocenters. The minimum Gasteiger partial charge on any atom is -0.496 e. The van der Waals surface area contributed by atoms with Gasteiger partial charge < -0.3 is 9.72 Å². The number of ether oxygens (including phenoxy) is 1. The van der Waals surface area contributed by atoms with Crippen molar-refractivity contribution in [3.63, 3.8) is 0 Å². The van der Waals surface area contributed by atoms with Crippen LogP contribution in [0.4, 0.5) is 5.69 Å². The van der Waals surface area contributed by atoms with Crippen molar-refractivity contribution in [2.75, 3.05) is 7.11 Å². The number of aromatic amines is 1. The van der Waals surface area contributed by atoms with E-state index in [0.717, 1.165) is 0 Å². The fourth-order valence-electron chi connectivity index (χ4n) is 2.49. The van der Waals surface area contributed by atoms with Crippen molar-refractivity contribution in [3.8, 4) is 5.75 Å². The van der Waals surface area contributed by atoms with Gasteiger partial charge in [-0.25, -0.2) is 10.4 Å². The number of hydrogen-bond donors (Lipinski definition) is 2. The summed E-state index contributed by atoms with van der Waals surface area (Å²) in [5, 5.41) is 14.6. The molecule has 1 aromatic heterocycles. The first-order valence-electron chi connectivity index (χ1n) is 8.10. The Kier molecular flexibility index (Phi) is 5.40. The summed E-state index contributed by atoms with van der Waals surface area (Å²) in [4.78, 5) is 41.3. The van der Waals surface area contributed by atoms with E-state index < -0.39 is 16.4 Å². The molecule has 0 saturated heterocycles. The van der Waals surface area contributed by atoms with Crippen LogP contribution >= 0.6 is 0 Å². The summed E-state index contributed by atoms with van der Waals surface area (Å²) in [6.07, 6.45) is 0.950. The minimum absolute atomic E-state index is 0.0549. The Morgan fingerprint density at radius 3 is 2.89 bits per heavy atom. The fraction of sp³-hybridized carbons (Fsp3) is 0.111. The number of benzene rings is 2. The summed E-state index contributed by atoms with van der Waals surface area (Å²) >= 11 is 0. The largest absolute Gasteiger partial charge is 0.496 e. The normalized spacial score (nSPS) is 10.9. The maximum absolute atomic E-state index is 12.1. The van der Waals surface area contributed by atoms with Gasteiger partial charge in [0.2, 0.25) is 5.91 Å². The van der Waals surface area contributed by atoms with Crippen molar-refractivity contribution in [1.29, 1.82) is 0 Å². The van der Waals surface area contributed by atoms with Gasteiger partial charge in [-0.15, -0.1) is 0 Å². The van der Waals surface area contributed by atoms with E-state index >= 15 is 0 Å². The van der Waals surface area contributed by atoms with E-state index in [2.05, 4.69) is 20.5 Å². The van der Waals surface area contributed by atoms with Gasteiger partial charge in [-0.2, -0.15) is 5.10 Å². The van der Waals surface area contributed by atoms with Gasteiger partial charge in [0.05, 0.1) is 35.7 Å². The number of carbonyl (C=O) groups excluding carboxylic acids is 1. The molecule has 0 radical (unpaired) electrons. The summed E-state index contributed by atoms with van der Waals surface area (Å²) in [5.74, 6) is -0.204. The molecule has 28 heavy (non-hydrogen) atoms. The number of fused-ring (bicyclic) bond motifs is 1. The summed E-state index contributed by atoms with van der Waals surface area (Å²) in [5.41, 5.74) is 3.18. The first-order chi connectivity index (χ1) is 13.5. The lowest BCUT2D eigenvalue weighted by Crippen LogP contribution is -2.25. The first kappa shape index (κ1) is 18.7. The molecule has 1 amide bonds. The number of para-hydroxylation sites is 2. The molecule has 3 rings (SSSR count). The van der Waals surface area contributed by atoms with Crippen molar-refractivity contribution in [1.82, 2.24) is 15.4 Å². The van der Waals surface area contributed by atoms with Crippen LogP contribution in [0.25, 0.3) is 11.0 Å². The predicted octanol–water partition coefficient (Wildman–Crippen LogP) is 1.53.